The first-order valence-corrected chi connectivity index (χ1v) is 2.70. The van der Waals surface area contributed by atoms with Gasteiger partial charge in [-0.05, 0) is 12.1 Å². The van der Waals surface area contributed by atoms with Crippen molar-refractivity contribution in [2.24, 2.45) is 10.4 Å². The minimum absolute atomic E-state index is 0.636. The molecule has 0 spiro atoms. The molecule has 1 aromatic carbocycles. The molecule has 0 saturated heterocycles. The summed E-state index contributed by atoms with van der Waals surface area (Å²) in [7, 11) is 0. The van der Waals surface area contributed by atoms with E-state index in [4.69, 9.17) is 5.26 Å². The van der Waals surface area contributed by atoms with E-state index < -0.39 is 0 Å². The first-order chi connectivity index (χ1) is 4.93. The standard InChI is InChI=1S/C6H6N2O2/c9-10-8-7-6-4-2-1-3-5-6/h1-5,9H/b8-7+. The lowest BCUT2D eigenvalue weighted by Crippen LogP contribution is -1.64. The second-order valence-corrected chi connectivity index (χ2v) is 1.60. The van der Waals surface area contributed by atoms with Crippen molar-refractivity contribution in [1.29, 1.82) is 0 Å². The maximum Gasteiger partial charge on any atom is 0.0890 e. The van der Waals surface area contributed by atoms with E-state index in [1.165, 1.54) is 0 Å². The smallest absolute Gasteiger partial charge is 0.0890 e. The summed E-state index contributed by atoms with van der Waals surface area (Å²) >= 11 is 0. The average molecular weight is 138 g/mol. The van der Waals surface area contributed by atoms with Gasteiger partial charge in [0.05, 0.1) is 11.0 Å². The molecule has 4 heteroatoms. The van der Waals surface area contributed by atoms with Crippen LogP contribution in [0.4, 0.5) is 5.69 Å². The highest BCUT2D eigenvalue weighted by Gasteiger charge is 1.82. The van der Waals surface area contributed by atoms with Crippen molar-refractivity contribution in [2.45, 2.75) is 0 Å². The predicted octanol–water partition coefficient (Wildman–Crippen LogP) is 2.17. The Morgan fingerprint density at radius 2 is 1.90 bits per heavy atom. The molecule has 0 aromatic heterocycles. The third-order valence-corrected chi connectivity index (χ3v) is 0.949. The molecule has 0 bridgehead atoms. The predicted molar refractivity (Wildman–Crippen MR) is 34.7 cm³/mol. The van der Waals surface area contributed by atoms with Crippen LogP contribution in [-0.2, 0) is 4.99 Å². The van der Waals surface area contributed by atoms with E-state index in [1.807, 2.05) is 18.2 Å². The Morgan fingerprint density at radius 1 is 1.20 bits per heavy atom. The second kappa shape index (κ2) is 3.58. The highest BCUT2D eigenvalue weighted by atomic mass is 17.2. The third-order valence-electron chi connectivity index (χ3n) is 0.949. The molecule has 1 aromatic rings. The van der Waals surface area contributed by atoms with Crippen molar-refractivity contribution in [3.05, 3.63) is 30.3 Å². The molecule has 52 valence electrons. The van der Waals surface area contributed by atoms with E-state index in [2.05, 4.69) is 15.4 Å². The summed E-state index contributed by atoms with van der Waals surface area (Å²) in [4.78, 5) is 3.40. The van der Waals surface area contributed by atoms with Gasteiger partial charge in [0.2, 0.25) is 0 Å². The van der Waals surface area contributed by atoms with E-state index in [9.17, 15) is 0 Å². The summed E-state index contributed by atoms with van der Waals surface area (Å²) in [6.07, 6.45) is 0. The molecule has 0 amide bonds. The van der Waals surface area contributed by atoms with Gasteiger partial charge in [-0.3, -0.25) is 0 Å². The Hall–Kier alpha value is -1.42. The molecule has 0 radical (unpaired) electrons. The number of nitrogens with zero attached hydrogens (tertiary/aromatic N) is 2. The first-order valence-electron chi connectivity index (χ1n) is 2.70. The van der Waals surface area contributed by atoms with Crippen LogP contribution in [0.5, 0.6) is 0 Å². The van der Waals surface area contributed by atoms with Crippen LogP contribution in [-0.4, -0.2) is 5.26 Å². The molecule has 0 atom stereocenters. The lowest BCUT2D eigenvalue weighted by atomic mass is 10.3. The Kier molecular flexibility index (Phi) is 2.39. The summed E-state index contributed by atoms with van der Waals surface area (Å²) in [5, 5.41) is 14.2. The number of hydrogen-bond donors (Lipinski definition) is 1. The van der Waals surface area contributed by atoms with Crippen molar-refractivity contribution in [3.63, 3.8) is 0 Å². The molecule has 4 nitrogen and oxygen atoms in total. The van der Waals surface area contributed by atoms with Gasteiger partial charge in [0.15, 0.2) is 0 Å². The van der Waals surface area contributed by atoms with E-state index >= 15 is 0 Å². The molecular formula is C6H6N2O2. The van der Waals surface area contributed by atoms with Crippen LogP contribution in [0.1, 0.15) is 0 Å². The highest BCUT2D eigenvalue weighted by molar-refractivity contribution is 5.34. The molecule has 1 N–H and O–H groups in total. The highest BCUT2D eigenvalue weighted by Crippen LogP contribution is 2.09. The number of rotatable bonds is 2. The van der Waals surface area contributed by atoms with Gasteiger partial charge < -0.3 is 0 Å². The van der Waals surface area contributed by atoms with E-state index in [-0.39, 0.29) is 0 Å². The van der Waals surface area contributed by atoms with Crippen molar-refractivity contribution in [1.82, 2.24) is 0 Å². The maximum absolute atomic E-state index is 7.77. The van der Waals surface area contributed by atoms with E-state index in [0.29, 0.717) is 5.69 Å². The maximum atomic E-state index is 7.77. The van der Waals surface area contributed by atoms with Crippen LogP contribution in [0.15, 0.2) is 40.7 Å². The normalized spacial score (nSPS) is 10.1. The molecule has 0 aliphatic rings. The van der Waals surface area contributed by atoms with Gasteiger partial charge in [-0.1, -0.05) is 18.2 Å². The quantitative estimate of drug-likeness (QED) is 0.386. The van der Waals surface area contributed by atoms with Gasteiger partial charge in [-0.25, -0.2) is 4.99 Å². The lowest BCUT2D eigenvalue weighted by molar-refractivity contribution is -0.250. The van der Waals surface area contributed by atoms with E-state index in [0.717, 1.165) is 0 Å². The van der Waals surface area contributed by atoms with Crippen LogP contribution in [0.3, 0.4) is 0 Å². The molecular weight excluding hydrogens is 132 g/mol. The minimum Gasteiger partial charge on any atom is -0.203 e. The van der Waals surface area contributed by atoms with Crippen molar-refractivity contribution in [2.75, 3.05) is 0 Å². The number of hydrogen-bond acceptors (Lipinski definition) is 4. The Labute approximate surface area is 57.7 Å². The summed E-state index contributed by atoms with van der Waals surface area (Å²) in [6, 6.07) is 8.96. The van der Waals surface area contributed by atoms with E-state index in [1.54, 1.807) is 12.1 Å². The Morgan fingerprint density at radius 3 is 2.50 bits per heavy atom. The zero-order chi connectivity index (χ0) is 7.23. The SMILES string of the molecule is OO/N=N/c1ccccc1. The lowest BCUT2D eigenvalue weighted by Gasteiger charge is -1.85. The van der Waals surface area contributed by atoms with Crippen molar-refractivity contribution in [3.8, 4) is 0 Å². The van der Waals surface area contributed by atoms with Crippen LogP contribution in [0, 0.1) is 0 Å². The topological polar surface area (TPSA) is 54.2 Å². The molecule has 0 aliphatic carbocycles. The molecule has 0 heterocycles. The summed E-state index contributed by atoms with van der Waals surface area (Å²) in [6.45, 7) is 0. The van der Waals surface area contributed by atoms with Crippen LogP contribution >= 0.6 is 0 Å². The zero-order valence-corrected chi connectivity index (χ0v) is 5.14. The van der Waals surface area contributed by atoms with Gasteiger partial charge in [-0.15, -0.1) is 5.11 Å². The fourth-order valence-electron chi connectivity index (χ4n) is 0.560. The van der Waals surface area contributed by atoms with Crippen molar-refractivity contribution >= 4 is 5.69 Å². The van der Waals surface area contributed by atoms with Gasteiger partial charge in [0, 0.05) is 0 Å². The molecule has 0 aliphatic heterocycles. The minimum atomic E-state index is 0.636. The fraction of sp³-hybridized carbons (Fsp3) is 0. The van der Waals surface area contributed by atoms with Gasteiger partial charge >= 0.3 is 0 Å². The molecule has 1 rings (SSSR count). The molecule has 0 fully saturated rings. The average Bonchev–Trinajstić information content (AvgIpc) is 2.03. The summed E-state index contributed by atoms with van der Waals surface area (Å²) in [5.74, 6) is 0. The molecule has 10 heavy (non-hydrogen) atoms. The Balaban J connectivity index is 2.67. The van der Waals surface area contributed by atoms with Crippen LogP contribution in [0.25, 0.3) is 0 Å². The zero-order valence-electron chi connectivity index (χ0n) is 5.14. The fourth-order valence-corrected chi connectivity index (χ4v) is 0.560. The second-order valence-electron chi connectivity index (χ2n) is 1.60. The summed E-state index contributed by atoms with van der Waals surface area (Å²) < 4.78 is 0. The van der Waals surface area contributed by atoms with Gasteiger partial charge in [0.25, 0.3) is 0 Å². The monoisotopic (exact) mass is 138 g/mol. The Bertz CT molecular complexity index is 210. The largest absolute Gasteiger partial charge is 0.203 e. The molecule has 0 unspecified atom stereocenters. The number of benzene rings is 1. The van der Waals surface area contributed by atoms with Gasteiger partial charge in [-0.2, -0.15) is 5.26 Å². The van der Waals surface area contributed by atoms with Crippen molar-refractivity contribution < 1.29 is 10.2 Å². The van der Waals surface area contributed by atoms with Crippen LogP contribution < -0.4 is 0 Å². The van der Waals surface area contributed by atoms with Gasteiger partial charge in [0.1, 0.15) is 0 Å². The van der Waals surface area contributed by atoms with Crippen LogP contribution in [0.2, 0.25) is 0 Å². The molecule has 0 saturated carbocycles. The third kappa shape index (κ3) is 1.83. The first kappa shape index (κ1) is 6.70. The summed E-state index contributed by atoms with van der Waals surface area (Å²) in [5.41, 5.74) is 0.636.